The molecule has 108 valence electrons. The number of hydrogen-bond donors (Lipinski definition) is 1. The van der Waals surface area contributed by atoms with Crippen molar-refractivity contribution < 1.29 is 0 Å². The lowest BCUT2D eigenvalue weighted by molar-refractivity contribution is 0.726. The highest BCUT2D eigenvalue weighted by molar-refractivity contribution is 7.19. The van der Waals surface area contributed by atoms with Gasteiger partial charge in [0.05, 0.1) is 10.6 Å². The van der Waals surface area contributed by atoms with E-state index >= 15 is 0 Å². The number of thiazole rings is 2. The van der Waals surface area contributed by atoms with Crippen molar-refractivity contribution in [3.8, 4) is 10.6 Å². The number of nitrogens with zero attached hydrogens (tertiary/aromatic N) is 3. The first-order chi connectivity index (χ1) is 9.86. The summed E-state index contributed by atoms with van der Waals surface area (Å²) >= 11 is 3.42. The molecule has 1 N–H and O–H groups in total. The Kier molecular flexibility index (Phi) is 4.52. The molecule has 1 fully saturated rings. The fraction of sp³-hybridized carbons (Fsp3) is 0.571. The Bertz CT molecular complexity index is 541. The van der Waals surface area contributed by atoms with Gasteiger partial charge in [0.2, 0.25) is 0 Å². The van der Waals surface area contributed by atoms with E-state index in [4.69, 9.17) is 0 Å². The minimum atomic E-state index is 0.911. The van der Waals surface area contributed by atoms with Crippen LogP contribution in [0, 0.1) is 0 Å². The molecule has 1 aliphatic heterocycles. The number of hydrogen-bond acceptors (Lipinski definition) is 6. The van der Waals surface area contributed by atoms with Crippen LogP contribution in [0.15, 0.2) is 11.6 Å². The second kappa shape index (κ2) is 6.54. The molecular formula is C14H20N4S2. The first kappa shape index (κ1) is 13.8. The number of rotatable bonds is 4. The Labute approximate surface area is 127 Å². The Balaban J connectivity index is 1.74. The standard InChI is InChI=1S/C14H20N4S2/c1-2-15-13-17-11(10-19-13)12-9-16-14(20-12)18-7-5-3-4-6-8-18/h9-10H,2-8H2,1H3,(H,15,17). The first-order valence-electron chi connectivity index (χ1n) is 7.27. The van der Waals surface area contributed by atoms with Crippen LogP contribution >= 0.6 is 22.7 Å². The molecule has 6 heteroatoms. The molecule has 0 aliphatic carbocycles. The van der Waals surface area contributed by atoms with Gasteiger partial charge in [0.15, 0.2) is 10.3 Å². The highest BCUT2D eigenvalue weighted by Crippen LogP contribution is 2.33. The van der Waals surface area contributed by atoms with E-state index in [-0.39, 0.29) is 0 Å². The molecule has 0 spiro atoms. The van der Waals surface area contributed by atoms with Crippen LogP contribution in [0.5, 0.6) is 0 Å². The summed E-state index contributed by atoms with van der Waals surface area (Å²) in [6.07, 6.45) is 7.25. The van der Waals surface area contributed by atoms with E-state index in [1.165, 1.54) is 30.6 Å². The molecule has 0 bridgehead atoms. The lowest BCUT2D eigenvalue weighted by Gasteiger charge is -2.18. The van der Waals surface area contributed by atoms with Crippen molar-refractivity contribution >= 4 is 32.9 Å². The summed E-state index contributed by atoms with van der Waals surface area (Å²) in [5.74, 6) is 0. The van der Waals surface area contributed by atoms with Crippen LogP contribution in [0.1, 0.15) is 32.6 Å². The van der Waals surface area contributed by atoms with Crippen molar-refractivity contribution in [2.75, 3.05) is 29.9 Å². The van der Waals surface area contributed by atoms with Crippen LogP contribution < -0.4 is 10.2 Å². The van der Waals surface area contributed by atoms with Gasteiger partial charge in [0, 0.05) is 31.2 Å². The van der Waals surface area contributed by atoms with Gasteiger partial charge in [-0.1, -0.05) is 24.2 Å². The molecule has 0 saturated carbocycles. The monoisotopic (exact) mass is 308 g/mol. The minimum absolute atomic E-state index is 0.911. The molecule has 0 atom stereocenters. The minimum Gasteiger partial charge on any atom is -0.362 e. The zero-order chi connectivity index (χ0) is 13.8. The number of nitrogens with one attached hydrogen (secondary N) is 1. The summed E-state index contributed by atoms with van der Waals surface area (Å²) in [5, 5.41) is 7.51. The zero-order valence-corrected chi connectivity index (χ0v) is 13.4. The normalized spacial score (nSPS) is 16.1. The van der Waals surface area contributed by atoms with E-state index < -0.39 is 0 Å². The average molecular weight is 308 g/mol. The zero-order valence-electron chi connectivity index (χ0n) is 11.8. The molecule has 20 heavy (non-hydrogen) atoms. The molecule has 3 heterocycles. The molecule has 2 aromatic heterocycles. The van der Waals surface area contributed by atoms with Gasteiger partial charge in [-0.2, -0.15) is 0 Å². The Morgan fingerprint density at radius 2 is 2.05 bits per heavy atom. The summed E-state index contributed by atoms with van der Waals surface area (Å²) in [5.41, 5.74) is 1.05. The van der Waals surface area contributed by atoms with Crippen molar-refractivity contribution in [1.29, 1.82) is 0 Å². The van der Waals surface area contributed by atoms with Crippen LogP contribution in [-0.2, 0) is 0 Å². The molecule has 0 unspecified atom stereocenters. The van der Waals surface area contributed by atoms with Gasteiger partial charge in [0.25, 0.3) is 0 Å². The Morgan fingerprint density at radius 3 is 2.80 bits per heavy atom. The lowest BCUT2D eigenvalue weighted by Crippen LogP contribution is -2.23. The van der Waals surface area contributed by atoms with Gasteiger partial charge >= 0.3 is 0 Å². The maximum atomic E-state index is 4.61. The van der Waals surface area contributed by atoms with Crippen molar-refractivity contribution in [3.63, 3.8) is 0 Å². The van der Waals surface area contributed by atoms with Gasteiger partial charge in [-0.15, -0.1) is 11.3 Å². The molecule has 0 amide bonds. The second-order valence-corrected chi connectivity index (χ2v) is 6.84. The van der Waals surface area contributed by atoms with Gasteiger partial charge in [-0.05, 0) is 19.8 Å². The summed E-state index contributed by atoms with van der Waals surface area (Å²) < 4.78 is 0. The molecule has 4 nitrogen and oxygen atoms in total. The lowest BCUT2D eigenvalue weighted by atomic mass is 10.2. The molecule has 0 aromatic carbocycles. The fourth-order valence-corrected chi connectivity index (χ4v) is 4.20. The molecule has 1 saturated heterocycles. The fourth-order valence-electron chi connectivity index (χ4n) is 2.41. The van der Waals surface area contributed by atoms with E-state index in [0.29, 0.717) is 0 Å². The predicted molar refractivity (Wildman–Crippen MR) is 88.1 cm³/mol. The molecule has 2 aromatic rings. The molecular weight excluding hydrogens is 288 g/mol. The van der Waals surface area contributed by atoms with E-state index in [0.717, 1.165) is 35.6 Å². The van der Waals surface area contributed by atoms with Gasteiger partial charge in [0.1, 0.15) is 0 Å². The van der Waals surface area contributed by atoms with Crippen LogP contribution in [0.25, 0.3) is 10.6 Å². The predicted octanol–water partition coefficient (Wildman–Crippen LogP) is 4.08. The molecule has 1 aliphatic rings. The maximum absolute atomic E-state index is 4.61. The van der Waals surface area contributed by atoms with E-state index in [2.05, 4.69) is 32.5 Å². The summed E-state index contributed by atoms with van der Waals surface area (Å²) in [4.78, 5) is 12.8. The second-order valence-electron chi connectivity index (χ2n) is 4.98. The third kappa shape index (κ3) is 3.12. The summed E-state index contributed by atoms with van der Waals surface area (Å²) in [6, 6.07) is 0. The Morgan fingerprint density at radius 1 is 1.25 bits per heavy atom. The highest BCUT2D eigenvalue weighted by Gasteiger charge is 2.15. The van der Waals surface area contributed by atoms with E-state index in [1.807, 2.05) is 6.20 Å². The van der Waals surface area contributed by atoms with Gasteiger partial charge in [-0.3, -0.25) is 0 Å². The molecule has 3 rings (SSSR count). The van der Waals surface area contributed by atoms with Crippen LogP contribution in [-0.4, -0.2) is 29.6 Å². The van der Waals surface area contributed by atoms with Gasteiger partial charge < -0.3 is 10.2 Å². The van der Waals surface area contributed by atoms with Gasteiger partial charge in [-0.25, -0.2) is 9.97 Å². The smallest absolute Gasteiger partial charge is 0.185 e. The average Bonchev–Trinajstić information content (AvgIpc) is 3.03. The van der Waals surface area contributed by atoms with Crippen LogP contribution in [0.4, 0.5) is 10.3 Å². The third-order valence-corrected chi connectivity index (χ3v) is 5.34. The Hall–Kier alpha value is -1.14. The van der Waals surface area contributed by atoms with Crippen LogP contribution in [0.3, 0.4) is 0 Å². The largest absolute Gasteiger partial charge is 0.362 e. The highest BCUT2D eigenvalue weighted by atomic mass is 32.1. The van der Waals surface area contributed by atoms with Crippen molar-refractivity contribution in [3.05, 3.63) is 11.6 Å². The van der Waals surface area contributed by atoms with Crippen LogP contribution in [0.2, 0.25) is 0 Å². The quantitative estimate of drug-likeness (QED) is 0.924. The topological polar surface area (TPSA) is 41.1 Å². The van der Waals surface area contributed by atoms with E-state index in [9.17, 15) is 0 Å². The number of aromatic nitrogens is 2. The first-order valence-corrected chi connectivity index (χ1v) is 8.97. The molecule has 0 radical (unpaired) electrons. The maximum Gasteiger partial charge on any atom is 0.185 e. The van der Waals surface area contributed by atoms with Crippen molar-refractivity contribution in [2.24, 2.45) is 0 Å². The summed E-state index contributed by atoms with van der Waals surface area (Å²) in [6.45, 7) is 5.29. The van der Waals surface area contributed by atoms with Crippen molar-refractivity contribution in [1.82, 2.24) is 9.97 Å². The third-order valence-electron chi connectivity index (χ3n) is 3.45. The SMILES string of the molecule is CCNc1nc(-c2cnc(N3CCCCCC3)s2)cs1. The van der Waals surface area contributed by atoms with E-state index in [1.54, 1.807) is 22.7 Å². The number of anilines is 2. The van der Waals surface area contributed by atoms with Crippen molar-refractivity contribution in [2.45, 2.75) is 32.6 Å². The summed E-state index contributed by atoms with van der Waals surface area (Å²) in [7, 11) is 0.